The molecule has 1 aliphatic rings. The van der Waals surface area contributed by atoms with Gasteiger partial charge in [-0.15, -0.1) is 11.3 Å². The molecule has 3 atom stereocenters. The summed E-state index contributed by atoms with van der Waals surface area (Å²) in [5, 5.41) is 2.16. The van der Waals surface area contributed by atoms with Crippen LogP contribution in [0, 0.1) is 5.92 Å². The molecule has 0 radical (unpaired) electrons. The molecule has 2 heterocycles. The normalized spacial score (nSPS) is 28.5. The van der Waals surface area contributed by atoms with Crippen LogP contribution in [-0.4, -0.2) is 24.0 Å². The van der Waals surface area contributed by atoms with E-state index in [9.17, 15) is 0 Å². The van der Waals surface area contributed by atoms with Gasteiger partial charge in [0.1, 0.15) is 0 Å². The monoisotopic (exact) mass is 302 g/mol. The van der Waals surface area contributed by atoms with Gasteiger partial charge in [0.15, 0.2) is 0 Å². The van der Waals surface area contributed by atoms with Gasteiger partial charge in [-0.1, -0.05) is 0 Å². The van der Waals surface area contributed by atoms with Crippen molar-refractivity contribution in [2.75, 3.05) is 13.1 Å². The number of hydrogen-bond donors (Lipinski definition) is 1. The lowest BCUT2D eigenvalue weighted by Crippen LogP contribution is -2.30. The minimum absolute atomic E-state index is 0.517. The Morgan fingerprint density at radius 3 is 2.94 bits per heavy atom. The lowest BCUT2D eigenvalue weighted by molar-refractivity contribution is 0.203. The third-order valence-electron chi connectivity index (χ3n) is 3.54. The van der Waals surface area contributed by atoms with Crippen molar-refractivity contribution in [1.82, 2.24) is 4.90 Å². The molecule has 1 aromatic heterocycles. The predicted molar refractivity (Wildman–Crippen MR) is 73.8 cm³/mol. The molecule has 0 saturated carbocycles. The first-order valence-corrected chi connectivity index (χ1v) is 7.48. The van der Waals surface area contributed by atoms with E-state index in [1.165, 1.54) is 15.8 Å². The fourth-order valence-corrected chi connectivity index (χ4v) is 4.11. The van der Waals surface area contributed by atoms with Crippen LogP contribution < -0.4 is 5.73 Å². The van der Waals surface area contributed by atoms with Gasteiger partial charge in [-0.2, -0.15) is 0 Å². The Bertz CT molecular complexity index is 353. The molecule has 0 bridgehead atoms. The molecular formula is C12H19BrN2S. The van der Waals surface area contributed by atoms with Gasteiger partial charge in [0.05, 0.1) is 0 Å². The van der Waals surface area contributed by atoms with Crippen LogP contribution in [0.3, 0.4) is 0 Å². The average molecular weight is 303 g/mol. The Balaban J connectivity index is 2.07. The van der Waals surface area contributed by atoms with Crippen molar-refractivity contribution in [2.45, 2.75) is 32.4 Å². The van der Waals surface area contributed by atoms with Crippen LogP contribution in [0.2, 0.25) is 0 Å². The topological polar surface area (TPSA) is 29.3 Å². The molecule has 1 aromatic rings. The van der Waals surface area contributed by atoms with E-state index in [4.69, 9.17) is 5.73 Å². The first kappa shape index (κ1) is 12.6. The van der Waals surface area contributed by atoms with Gasteiger partial charge < -0.3 is 5.73 Å². The van der Waals surface area contributed by atoms with E-state index in [0.717, 1.165) is 13.1 Å². The lowest BCUT2D eigenvalue weighted by atomic mass is 10.1. The highest BCUT2D eigenvalue weighted by atomic mass is 79.9. The molecule has 3 unspecified atom stereocenters. The largest absolute Gasteiger partial charge is 0.330 e. The molecule has 0 amide bonds. The zero-order valence-corrected chi connectivity index (χ0v) is 12.2. The van der Waals surface area contributed by atoms with Gasteiger partial charge in [0.2, 0.25) is 0 Å². The first-order chi connectivity index (χ1) is 7.61. The van der Waals surface area contributed by atoms with Gasteiger partial charge in [0.25, 0.3) is 0 Å². The van der Waals surface area contributed by atoms with Crippen molar-refractivity contribution in [3.05, 3.63) is 20.8 Å². The van der Waals surface area contributed by atoms with Crippen LogP contribution in [0.5, 0.6) is 0 Å². The minimum atomic E-state index is 0.517. The summed E-state index contributed by atoms with van der Waals surface area (Å²) in [6.07, 6.45) is 1.24. The maximum absolute atomic E-state index is 5.77. The van der Waals surface area contributed by atoms with Gasteiger partial charge in [-0.3, -0.25) is 4.90 Å². The van der Waals surface area contributed by atoms with Crippen LogP contribution in [-0.2, 0) is 0 Å². The smallest absolute Gasteiger partial charge is 0.0416 e. The van der Waals surface area contributed by atoms with Crippen LogP contribution in [0.4, 0.5) is 0 Å². The second-order valence-corrected chi connectivity index (χ2v) is 6.58. The number of nitrogens with two attached hydrogens (primary N) is 1. The first-order valence-electron chi connectivity index (χ1n) is 5.81. The second kappa shape index (κ2) is 5.17. The van der Waals surface area contributed by atoms with E-state index in [1.54, 1.807) is 0 Å². The summed E-state index contributed by atoms with van der Waals surface area (Å²) in [5.74, 6) is 0.681. The fraction of sp³-hybridized carbons (Fsp3) is 0.667. The molecule has 1 saturated heterocycles. The molecule has 0 spiro atoms. The third-order valence-corrected chi connectivity index (χ3v) is 5.40. The van der Waals surface area contributed by atoms with Crippen LogP contribution in [0.15, 0.2) is 15.9 Å². The average Bonchev–Trinajstić information content (AvgIpc) is 2.83. The maximum atomic E-state index is 5.77. The Hall–Kier alpha value is 0.1000. The number of nitrogens with zero attached hydrogens (tertiary/aromatic N) is 1. The van der Waals surface area contributed by atoms with Crippen molar-refractivity contribution >= 4 is 27.3 Å². The zero-order valence-electron chi connectivity index (χ0n) is 9.82. The van der Waals surface area contributed by atoms with Crippen molar-refractivity contribution in [3.8, 4) is 0 Å². The van der Waals surface area contributed by atoms with Crippen molar-refractivity contribution in [2.24, 2.45) is 11.7 Å². The molecular weight excluding hydrogens is 284 g/mol. The highest BCUT2D eigenvalue weighted by Gasteiger charge is 2.32. The molecule has 90 valence electrons. The Morgan fingerprint density at radius 1 is 1.69 bits per heavy atom. The minimum Gasteiger partial charge on any atom is -0.330 e. The van der Waals surface area contributed by atoms with Crippen LogP contribution in [0.25, 0.3) is 0 Å². The van der Waals surface area contributed by atoms with E-state index in [-0.39, 0.29) is 0 Å². The second-order valence-electron chi connectivity index (χ2n) is 4.73. The molecule has 2 N–H and O–H groups in total. The summed E-state index contributed by atoms with van der Waals surface area (Å²) in [5.41, 5.74) is 5.77. The molecule has 1 fully saturated rings. The van der Waals surface area contributed by atoms with E-state index in [0.29, 0.717) is 18.0 Å². The lowest BCUT2D eigenvalue weighted by Gasteiger charge is -2.27. The number of halogens is 1. The quantitative estimate of drug-likeness (QED) is 0.929. The summed E-state index contributed by atoms with van der Waals surface area (Å²) in [6.45, 7) is 6.58. The highest BCUT2D eigenvalue weighted by molar-refractivity contribution is 9.10. The summed E-state index contributed by atoms with van der Waals surface area (Å²) in [7, 11) is 0. The summed E-state index contributed by atoms with van der Waals surface area (Å²) in [4.78, 5) is 4.02. The van der Waals surface area contributed by atoms with Crippen molar-refractivity contribution in [3.63, 3.8) is 0 Å². The predicted octanol–water partition coefficient (Wildman–Crippen LogP) is 3.24. The van der Waals surface area contributed by atoms with Gasteiger partial charge in [-0.25, -0.2) is 0 Å². The van der Waals surface area contributed by atoms with Crippen molar-refractivity contribution < 1.29 is 0 Å². The fourth-order valence-electron chi connectivity index (χ4n) is 2.59. The zero-order chi connectivity index (χ0) is 11.7. The Labute approximate surface area is 110 Å². The molecule has 0 aliphatic carbocycles. The third kappa shape index (κ3) is 2.50. The van der Waals surface area contributed by atoms with Crippen LogP contribution in [0.1, 0.15) is 31.2 Å². The van der Waals surface area contributed by atoms with Gasteiger partial charge in [0, 0.05) is 33.4 Å². The standard InChI is InChI=1S/C12H19BrN2S/c1-8-3-10(5-14)6-15(8)9(2)12-4-11(13)7-16-12/h4,7-10H,3,5-6,14H2,1-2H3. The Morgan fingerprint density at radius 2 is 2.44 bits per heavy atom. The summed E-state index contributed by atoms with van der Waals surface area (Å²) >= 11 is 5.36. The van der Waals surface area contributed by atoms with Crippen LogP contribution >= 0.6 is 27.3 Å². The van der Waals surface area contributed by atoms with Crippen molar-refractivity contribution in [1.29, 1.82) is 0 Å². The maximum Gasteiger partial charge on any atom is 0.0416 e. The van der Waals surface area contributed by atoms with E-state index < -0.39 is 0 Å². The Kier molecular flexibility index (Phi) is 4.06. The van der Waals surface area contributed by atoms with E-state index in [1.807, 2.05) is 11.3 Å². The molecule has 16 heavy (non-hydrogen) atoms. The molecule has 2 nitrogen and oxygen atoms in total. The summed E-state index contributed by atoms with van der Waals surface area (Å²) < 4.78 is 1.20. The number of rotatable bonds is 3. The van der Waals surface area contributed by atoms with E-state index in [2.05, 4.69) is 46.1 Å². The molecule has 4 heteroatoms. The number of thiophene rings is 1. The SMILES string of the molecule is CC1CC(CN)CN1C(C)c1cc(Br)cs1. The molecule has 2 rings (SSSR count). The molecule has 0 aromatic carbocycles. The van der Waals surface area contributed by atoms with E-state index >= 15 is 0 Å². The van der Waals surface area contributed by atoms with Gasteiger partial charge >= 0.3 is 0 Å². The van der Waals surface area contributed by atoms with Gasteiger partial charge in [-0.05, 0) is 54.7 Å². The number of likely N-dealkylation sites (tertiary alicyclic amines) is 1. The molecule has 1 aliphatic heterocycles. The number of hydrogen-bond acceptors (Lipinski definition) is 3. The highest BCUT2D eigenvalue weighted by Crippen LogP contribution is 2.35. The summed E-state index contributed by atoms with van der Waals surface area (Å²) in [6, 6.07) is 3.41.